The predicted molar refractivity (Wildman–Crippen MR) is 94.9 cm³/mol. The highest BCUT2D eigenvalue weighted by atomic mass is 32.1. The highest BCUT2D eigenvalue weighted by Crippen LogP contribution is 2.17. The van der Waals surface area contributed by atoms with Gasteiger partial charge in [-0.05, 0) is 18.9 Å². The molecule has 1 unspecified atom stereocenters. The molecule has 3 rings (SSSR count). The molecule has 0 bridgehead atoms. The number of likely N-dealkylation sites (tertiary alicyclic amines) is 1. The number of hydrogen-bond acceptors (Lipinski definition) is 4. The van der Waals surface area contributed by atoms with Crippen molar-refractivity contribution in [1.82, 2.24) is 15.2 Å². The van der Waals surface area contributed by atoms with Crippen LogP contribution in [0.3, 0.4) is 0 Å². The van der Waals surface area contributed by atoms with Crippen LogP contribution < -0.4 is 5.32 Å². The Morgan fingerprint density at radius 3 is 3.00 bits per heavy atom. The average molecular weight is 345 g/mol. The molecule has 0 spiro atoms. The number of benzene rings is 1. The Bertz CT molecular complexity index is 659. The molecule has 1 saturated heterocycles. The van der Waals surface area contributed by atoms with E-state index in [0.717, 1.165) is 30.2 Å². The quantitative estimate of drug-likeness (QED) is 0.875. The van der Waals surface area contributed by atoms with Gasteiger partial charge in [-0.15, -0.1) is 11.3 Å². The fourth-order valence-corrected chi connectivity index (χ4v) is 3.53. The molecule has 1 aromatic carbocycles. The second-order valence-electron chi connectivity index (χ2n) is 6.14. The molecular formula is C18H23N3O2S. The van der Waals surface area contributed by atoms with Crippen molar-refractivity contribution in [3.63, 3.8) is 0 Å². The van der Waals surface area contributed by atoms with E-state index in [-0.39, 0.29) is 6.03 Å². The van der Waals surface area contributed by atoms with Crippen molar-refractivity contribution in [3.05, 3.63) is 52.0 Å². The fraction of sp³-hybridized carbons (Fsp3) is 0.444. The van der Waals surface area contributed by atoms with Crippen LogP contribution >= 0.6 is 11.3 Å². The molecule has 128 valence electrons. The summed E-state index contributed by atoms with van der Waals surface area (Å²) in [4.78, 5) is 18.4. The summed E-state index contributed by atoms with van der Waals surface area (Å²) in [7, 11) is 0. The van der Waals surface area contributed by atoms with Gasteiger partial charge in [-0.25, -0.2) is 9.78 Å². The third-order valence-electron chi connectivity index (χ3n) is 4.10. The van der Waals surface area contributed by atoms with Crippen LogP contribution in [-0.2, 0) is 17.9 Å². The Hall–Kier alpha value is -1.92. The van der Waals surface area contributed by atoms with E-state index in [1.54, 1.807) is 11.3 Å². The highest BCUT2D eigenvalue weighted by molar-refractivity contribution is 7.09. The van der Waals surface area contributed by atoms with Gasteiger partial charge in [-0.1, -0.05) is 30.3 Å². The highest BCUT2D eigenvalue weighted by Gasteiger charge is 2.26. The van der Waals surface area contributed by atoms with E-state index in [1.165, 1.54) is 5.56 Å². The summed E-state index contributed by atoms with van der Waals surface area (Å²) in [5, 5.41) is 5.90. The second-order valence-corrected chi connectivity index (χ2v) is 7.09. The van der Waals surface area contributed by atoms with Gasteiger partial charge in [0.25, 0.3) is 0 Å². The van der Waals surface area contributed by atoms with E-state index in [9.17, 15) is 4.79 Å². The molecule has 1 aromatic heterocycles. The van der Waals surface area contributed by atoms with Crippen molar-refractivity contribution < 1.29 is 9.53 Å². The summed E-state index contributed by atoms with van der Waals surface area (Å²) in [5.74, 6) is 0.418. The van der Waals surface area contributed by atoms with Gasteiger partial charge >= 0.3 is 6.03 Å². The first kappa shape index (κ1) is 16.9. The Labute approximate surface area is 146 Å². The largest absolute Gasteiger partial charge is 0.376 e. The second kappa shape index (κ2) is 8.26. The molecule has 6 heteroatoms. The minimum Gasteiger partial charge on any atom is -0.376 e. The monoisotopic (exact) mass is 345 g/mol. The average Bonchev–Trinajstić information content (AvgIpc) is 3.23. The van der Waals surface area contributed by atoms with Gasteiger partial charge in [0.15, 0.2) is 0 Å². The van der Waals surface area contributed by atoms with E-state index < -0.39 is 0 Å². The Morgan fingerprint density at radius 1 is 1.42 bits per heavy atom. The SMILES string of the molecule is Cc1csc(CNC(=O)N2CCC(COCc3ccccc3)C2)n1. The molecule has 1 aliphatic rings. The van der Waals surface area contributed by atoms with Crippen LogP contribution in [0.4, 0.5) is 4.79 Å². The van der Waals surface area contributed by atoms with Gasteiger partial charge in [0.1, 0.15) is 5.01 Å². The van der Waals surface area contributed by atoms with E-state index in [1.807, 2.05) is 35.4 Å². The van der Waals surface area contributed by atoms with E-state index in [4.69, 9.17) is 4.74 Å². The van der Waals surface area contributed by atoms with Crippen LogP contribution in [0.5, 0.6) is 0 Å². The van der Waals surface area contributed by atoms with Gasteiger partial charge < -0.3 is 15.0 Å². The lowest BCUT2D eigenvalue weighted by atomic mass is 10.1. The van der Waals surface area contributed by atoms with Gasteiger partial charge in [0.2, 0.25) is 0 Å². The maximum atomic E-state index is 12.2. The van der Waals surface area contributed by atoms with Crippen molar-refractivity contribution in [3.8, 4) is 0 Å². The first-order valence-corrected chi connectivity index (χ1v) is 9.14. The number of rotatable bonds is 6. The van der Waals surface area contributed by atoms with Crippen molar-refractivity contribution >= 4 is 17.4 Å². The molecule has 2 amide bonds. The molecule has 2 aromatic rings. The molecule has 0 radical (unpaired) electrons. The topological polar surface area (TPSA) is 54.5 Å². The molecule has 1 N–H and O–H groups in total. The third-order valence-corrected chi connectivity index (χ3v) is 5.06. The summed E-state index contributed by atoms with van der Waals surface area (Å²) in [6, 6.07) is 10.2. The van der Waals surface area contributed by atoms with Crippen molar-refractivity contribution in [2.24, 2.45) is 5.92 Å². The zero-order valence-electron chi connectivity index (χ0n) is 13.9. The number of carbonyl (C=O) groups excluding carboxylic acids is 1. The number of thiazole rings is 1. The Morgan fingerprint density at radius 2 is 2.25 bits per heavy atom. The lowest BCUT2D eigenvalue weighted by molar-refractivity contribution is 0.0897. The number of aromatic nitrogens is 1. The number of hydrogen-bond donors (Lipinski definition) is 1. The molecule has 0 saturated carbocycles. The summed E-state index contributed by atoms with van der Waals surface area (Å²) >= 11 is 1.58. The van der Waals surface area contributed by atoms with Crippen LogP contribution in [0, 0.1) is 12.8 Å². The molecule has 2 heterocycles. The van der Waals surface area contributed by atoms with Gasteiger partial charge in [0.05, 0.1) is 19.8 Å². The molecule has 0 aliphatic carbocycles. The number of nitrogens with one attached hydrogen (secondary N) is 1. The first-order valence-electron chi connectivity index (χ1n) is 8.26. The number of nitrogens with zero attached hydrogens (tertiary/aromatic N) is 2. The number of ether oxygens (including phenoxy) is 1. The third kappa shape index (κ3) is 4.79. The minimum absolute atomic E-state index is 0.00610. The number of aryl methyl sites for hydroxylation is 1. The number of carbonyl (C=O) groups is 1. The molecular weight excluding hydrogens is 322 g/mol. The van der Waals surface area contributed by atoms with Crippen LogP contribution in [-0.4, -0.2) is 35.6 Å². The first-order chi connectivity index (χ1) is 11.7. The zero-order chi connectivity index (χ0) is 16.8. The Balaban J connectivity index is 1.36. The van der Waals surface area contributed by atoms with E-state index in [2.05, 4.69) is 22.4 Å². The maximum absolute atomic E-state index is 12.2. The van der Waals surface area contributed by atoms with Crippen molar-refractivity contribution in [2.75, 3.05) is 19.7 Å². The molecule has 24 heavy (non-hydrogen) atoms. The van der Waals surface area contributed by atoms with Crippen LogP contribution in [0.25, 0.3) is 0 Å². The summed E-state index contributed by atoms with van der Waals surface area (Å²) in [6.07, 6.45) is 0.999. The molecule has 1 atom stereocenters. The lowest BCUT2D eigenvalue weighted by Gasteiger charge is -2.17. The smallest absolute Gasteiger partial charge is 0.317 e. The molecule has 5 nitrogen and oxygen atoms in total. The number of amides is 2. The predicted octanol–water partition coefficient (Wildman–Crippen LogP) is 3.20. The van der Waals surface area contributed by atoms with Crippen LogP contribution in [0.2, 0.25) is 0 Å². The van der Waals surface area contributed by atoms with E-state index in [0.29, 0.717) is 25.7 Å². The van der Waals surface area contributed by atoms with Crippen LogP contribution in [0.15, 0.2) is 35.7 Å². The molecule has 1 aliphatic heterocycles. The van der Waals surface area contributed by atoms with Gasteiger partial charge in [-0.2, -0.15) is 0 Å². The summed E-state index contributed by atoms with van der Waals surface area (Å²) in [5.41, 5.74) is 2.19. The number of urea groups is 1. The Kier molecular flexibility index (Phi) is 5.82. The summed E-state index contributed by atoms with van der Waals surface area (Å²) in [6.45, 7) is 5.35. The summed E-state index contributed by atoms with van der Waals surface area (Å²) < 4.78 is 5.80. The zero-order valence-corrected chi connectivity index (χ0v) is 14.7. The maximum Gasteiger partial charge on any atom is 0.317 e. The van der Waals surface area contributed by atoms with Gasteiger partial charge in [-0.3, -0.25) is 0 Å². The van der Waals surface area contributed by atoms with E-state index >= 15 is 0 Å². The molecule has 1 fully saturated rings. The van der Waals surface area contributed by atoms with Crippen molar-refractivity contribution in [1.29, 1.82) is 0 Å². The standard InChI is InChI=1S/C18H23N3O2S/c1-14-13-24-17(20-14)9-19-18(22)21-8-7-16(10-21)12-23-11-15-5-3-2-4-6-15/h2-6,13,16H,7-12H2,1H3,(H,19,22). The lowest BCUT2D eigenvalue weighted by Crippen LogP contribution is -2.38. The van der Waals surface area contributed by atoms with Crippen molar-refractivity contribution in [2.45, 2.75) is 26.5 Å². The van der Waals surface area contributed by atoms with Gasteiger partial charge in [0, 0.05) is 30.1 Å². The normalized spacial score (nSPS) is 17.2. The van der Waals surface area contributed by atoms with Crippen LogP contribution in [0.1, 0.15) is 22.7 Å². The fourth-order valence-electron chi connectivity index (χ4n) is 2.82. The minimum atomic E-state index is -0.00610.